The summed E-state index contributed by atoms with van der Waals surface area (Å²) in [5.41, 5.74) is 0. The van der Waals surface area contributed by atoms with Crippen LogP contribution in [0, 0.1) is 0 Å². The van der Waals surface area contributed by atoms with Crippen molar-refractivity contribution in [2.45, 2.75) is 26.3 Å². The molecule has 0 radical (unpaired) electrons. The molecule has 0 aliphatic carbocycles. The van der Waals surface area contributed by atoms with E-state index in [2.05, 4.69) is 47.7 Å². The van der Waals surface area contributed by atoms with Gasteiger partial charge in [-0.25, -0.2) is 0 Å². The summed E-state index contributed by atoms with van der Waals surface area (Å²) in [7, 11) is 3.98. The second-order valence-corrected chi connectivity index (χ2v) is 5.14. The van der Waals surface area contributed by atoms with Crippen LogP contribution in [0.25, 0.3) is 0 Å². The lowest BCUT2D eigenvalue weighted by molar-refractivity contribution is 0.255. The minimum absolute atomic E-state index is 0.642. The van der Waals surface area contributed by atoms with Crippen LogP contribution in [0.3, 0.4) is 0 Å². The van der Waals surface area contributed by atoms with E-state index in [9.17, 15) is 0 Å². The van der Waals surface area contributed by atoms with Crippen molar-refractivity contribution >= 4 is 17.7 Å². The van der Waals surface area contributed by atoms with E-state index in [-0.39, 0.29) is 0 Å². The van der Waals surface area contributed by atoms with Gasteiger partial charge in [0.25, 0.3) is 0 Å². The van der Waals surface area contributed by atoms with Crippen molar-refractivity contribution in [3.63, 3.8) is 0 Å². The number of likely N-dealkylation sites (N-methyl/N-ethyl adjacent to an activating group) is 1. The molecule has 0 aromatic carbocycles. The first kappa shape index (κ1) is 16.6. The topological polar surface area (TPSA) is 39.7 Å². The molecule has 5 heteroatoms. The zero-order valence-corrected chi connectivity index (χ0v) is 12.7. The third-order valence-electron chi connectivity index (χ3n) is 2.92. The normalized spacial score (nSPS) is 13.9. The average Bonchev–Trinajstić information content (AvgIpc) is 2.35. The molecule has 0 bridgehead atoms. The molecule has 0 spiro atoms. The molecule has 0 heterocycles. The van der Waals surface area contributed by atoms with E-state index in [1.165, 1.54) is 6.42 Å². The predicted molar refractivity (Wildman–Crippen MR) is 80.1 cm³/mol. The van der Waals surface area contributed by atoms with Gasteiger partial charge >= 0.3 is 0 Å². The molecule has 17 heavy (non-hydrogen) atoms. The Labute approximate surface area is 111 Å². The largest absolute Gasteiger partial charge is 0.356 e. The first-order valence-corrected chi connectivity index (χ1v) is 7.68. The van der Waals surface area contributed by atoms with E-state index in [1.807, 2.05) is 18.8 Å². The molecule has 0 saturated heterocycles. The Bertz CT molecular complexity index is 209. The number of rotatable bonds is 8. The van der Waals surface area contributed by atoms with Crippen LogP contribution in [0.4, 0.5) is 0 Å². The predicted octanol–water partition coefficient (Wildman–Crippen LogP) is 1.24. The van der Waals surface area contributed by atoms with Crippen LogP contribution >= 0.6 is 11.8 Å². The zero-order valence-electron chi connectivity index (χ0n) is 11.9. The Kier molecular flexibility index (Phi) is 10.5. The fraction of sp³-hybridized carbons (Fsp3) is 0.917. The Morgan fingerprint density at radius 1 is 1.35 bits per heavy atom. The van der Waals surface area contributed by atoms with Crippen molar-refractivity contribution in [3.8, 4) is 0 Å². The first-order chi connectivity index (χ1) is 8.15. The highest BCUT2D eigenvalue weighted by Crippen LogP contribution is 1.97. The number of thioether (sulfide) groups is 1. The summed E-state index contributed by atoms with van der Waals surface area (Å²) in [5, 5.41) is 6.61. The Morgan fingerprint density at radius 2 is 2.00 bits per heavy atom. The maximum atomic E-state index is 4.19. The zero-order chi connectivity index (χ0) is 13.1. The quantitative estimate of drug-likeness (QED) is 0.391. The minimum Gasteiger partial charge on any atom is -0.356 e. The molecule has 0 aromatic rings. The van der Waals surface area contributed by atoms with Crippen molar-refractivity contribution in [2.24, 2.45) is 4.99 Å². The fourth-order valence-electron chi connectivity index (χ4n) is 1.37. The van der Waals surface area contributed by atoms with Gasteiger partial charge in [-0.2, -0.15) is 11.8 Å². The molecule has 1 atom stereocenters. The molecular weight excluding hydrogens is 232 g/mol. The van der Waals surface area contributed by atoms with Crippen molar-refractivity contribution < 1.29 is 0 Å². The van der Waals surface area contributed by atoms with Gasteiger partial charge in [-0.05, 0) is 26.6 Å². The molecule has 0 aromatic heterocycles. The number of guanidine groups is 1. The molecule has 0 aliphatic heterocycles. The number of hydrogen-bond acceptors (Lipinski definition) is 3. The first-order valence-electron chi connectivity index (χ1n) is 6.29. The van der Waals surface area contributed by atoms with E-state index in [0.29, 0.717) is 6.04 Å². The highest BCUT2D eigenvalue weighted by Gasteiger charge is 2.05. The van der Waals surface area contributed by atoms with Gasteiger partial charge in [0, 0.05) is 38.5 Å². The van der Waals surface area contributed by atoms with Crippen LogP contribution in [0.15, 0.2) is 4.99 Å². The Balaban J connectivity index is 3.70. The van der Waals surface area contributed by atoms with Crippen LogP contribution in [-0.4, -0.2) is 62.6 Å². The van der Waals surface area contributed by atoms with Gasteiger partial charge < -0.3 is 15.5 Å². The number of nitrogens with one attached hydrogen (secondary N) is 2. The minimum atomic E-state index is 0.642. The third-order valence-corrected chi connectivity index (χ3v) is 3.53. The van der Waals surface area contributed by atoms with Crippen molar-refractivity contribution in [1.29, 1.82) is 0 Å². The van der Waals surface area contributed by atoms with Gasteiger partial charge in [0.1, 0.15) is 0 Å². The summed E-state index contributed by atoms with van der Waals surface area (Å²) in [4.78, 5) is 6.55. The molecule has 0 fully saturated rings. The molecule has 0 rings (SSSR count). The maximum absolute atomic E-state index is 4.19. The Hall–Kier alpha value is -0.420. The molecule has 102 valence electrons. The maximum Gasteiger partial charge on any atom is 0.191 e. The standard InChI is InChI=1S/C12H28N4S/c1-6-11(2)16(4)9-7-14-12(13-3)15-8-10-17-5/h11H,6-10H2,1-5H3,(H2,13,14,15). The van der Waals surface area contributed by atoms with Crippen LogP contribution in [0.2, 0.25) is 0 Å². The number of aliphatic imine (C=N–C) groups is 1. The van der Waals surface area contributed by atoms with Crippen LogP contribution in [0.5, 0.6) is 0 Å². The highest BCUT2D eigenvalue weighted by molar-refractivity contribution is 7.98. The second-order valence-electron chi connectivity index (χ2n) is 4.16. The van der Waals surface area contributed by atoms with E-state index in [0.717, 1.165) is 31.3 Å². The fourth-order valence-corrected chi connectivity index (χ4v) is 1.68. The van der Waals surface area contributed by atoms with Gasteiger partial charge in [0.2, 0.25) is 0 Å². The Morgan fingerprint density at radius 3 is 2.53 bits per heavy atom. The molecule has 0 amide bonds. The van der Waals surface area contributed by atoms with Gasteiger partial charge in [-0.3, -0.25) is 4.99 Å². The molecule has 0 aliphatic rings. The van der Waals surface area contributed by atoms with Crippen LogP contribution < -0.4 is 10.6 Å². The molecule has 4 nitrogen and oxygen atoms in total. The summed E-state index contributed by atoms with van der Waals surface area (Å²) in [6.45, 7) is 7.41. The van der Waals surface area contributed by atoms with Crippen LogP contribution in [-0.2, 0) is 0 Å². The van der Waals surface area contributed by atoms with E-state index < -0.39 is 0 Å². The second kappa shape index (κ2) is 10.7. The van der Waals surface area contributed by atoms with Crippen LogP contribution in [0.1, 0.15) is 20.3 Å². The van der Waals surface area contributed by atoms with E-state index in [1.54, 1.807) is 0 Å². The van der Waals surface area contributed by atoms with Crippen molar-refractivity contribution in [2.75, 3.05) is 45.7 Å². The summed E-state index contributed by atoms with van der Waals surface area (Å²) in [6, 6.07) is 0.642. The molecular formula is C12H28N4S. The smallest absolute Gasteiger partial charge is 0.191 e. The molecule has 0 saturated carbocycles. The van der Waals surface area contributed by atoms with Gasteiger partial charge in [0.05, 0.1) is 0 Å². The summed E-state index contributed by atoms with van der Waals surface area (Å²) < 4.78 is 0. The van der Waals surface area contributed by atoms with Crippen molar-refractivity contribution in [3.05, 3.63) is 0 Å². The molecule has 1 unspecified atom stereocenters. The third kappa shape index (κ3) is 8.32. The highest BCUT2D eigenvalue weighted by atomic mass is 32.2. The van der Waals surface area contributed by atoms with Gasteiger partial charge in [-0.1, -0.05) is 6.92 Å². The summed E-state index contributed by atoms with van der Waals surface area (Å²) in [5.74, 6) is 2.00. The average molecular weight is 260 g/mol. The SMILES string of the molecule is CCC(C)N(C)CCNC(=NC)NCCSC. The lowest BCUT2D eigenvalue weighted by Crippen LogP contribution is -2.43. The van der Waals surface area contributed by atoms with Gasteiger partial charge in [-0.15, -0.1) is 0 Å². The number of nitrogens with zero attached hydrogens (tertiary/aromatic N) is 2. The lowest BCUT2D eigenvalue weighted by atomic mass is 10.2. The van der Waals surface area contributed by atoms with Crippen molar-refractivity contribution in [1.82, 2.24) is 15.5 Å². The number of hydrogen-bond donors (Lipinski definition) is 2. The molecule has 2 N–H and O–H groups in total. The monoisotopic (exact) mass is 260 g/mol. The van der Waals surface area contributed by atoms with E-state index in [4.69, 9.17) is 0 Å². The van der Waals surface area contributed by atoms with E-state index >= 15 is 0 Å². The van der Waals surface area contributed by atoms with Gasteiger partial charge in [0.15, 0.2) is 5.96 Å². The summed E-state index contributed by atoms with van der Waals surface area (Å²) in [6.07, 6.45) is 3.30. The summed E-state index contributed by atoms with van der Waals surface area (Å²) >= 11 is 1.84. The lowest BCUT2D eigenvalue weighted by Gasteiger charge is -2.23.